The van der Waals surface area contributed by atoms with Gasteiger partial charge in [0.05, 0.1) is 11.3 Å². The molecule has 0 saturated carbocycles. The molecule has 112 valence electrons. The summed E-state index contributed by atoms with van der Waals surface area (Å²) in [4.78, 5) is 23.1. The number of phenolic OH excluding ortho intramolecular Hbond substituents is 2. The number of allylic oxidation sites excluding steroid dienone is 1. The number of nitrogen functional groups attached to an aromatic ring is 1. The summed E-state index contributed by atoms with van der Waals surface area (Å²) >= 11 is 0. The molecule has 0 aliphatic carbocycles. The smallest absolute Gasteiger partial charge is 0.337 e. The number of benzene rings is 2. The molecule has 5 N–H and O–H groups in total. The van der Waals surface area contributed by atoms with Crippen molar-refractivity contribution in [1.29, 1.82) is 0 Å². The Morgan fingerprint density at radius 2 is 1.68 bits per heavy atom. The molecule has 6 heteroatoms. The second-order valence-electron chi connectivity index (χ2n) is 4.52. The van der Waals surface area contributed by atoms with Crippen molar-refractivity contribution in [2.75, 3.05) is 5.73 Å². The number of rotatable bonds is 4. The summed E-state index contributed by atoms with van der Waals surface area (Å²) in [5, 5.41) is 27.6. The summed E-state index contributed by atoms with van der Waals surface area (Å²) in [6, 6.07) is 8.27. The highest BCUT2D eigenvalue weighted by Crippen LogP contribution is 2.25. The Morgan fingerprint density at radius 3 is 2.32 bits per heavy atom. The standard InChI is InChI=1S/C16H13NO5/c17-15-10(2-1-3-11(15)16(21)22)12(18)6-4-9-5-7-13(19)14(20)8-9/h1-8,19-20H,17H2,(H,21,22). The van der Waals surface area contributed by atoms with Crippen molar-refractivity contribution in [2.24, 2.45) is 0 Å². The molecule has 0 atom stereocenters. The molecular weight excluding hydrogens is 286 g/mol. The summed E-state index contributed by atoms with van der Waals surface area (Å²) in [5.41, 5.74) is 6.03. The van der Waals surface area contributed by atoms with Crippen LogP contribution in [0.3, 0.4) is 0 Å². The highest BCUT2D eigenvalue weighted by Gasteiger charge is 2.14. The Hall–Kier alpha value is -3.28. The fourth-order valence-corrected chi connectivity index (χ4v) is 1.87. The van der Waals surface area contributed by atoms with Gasteiger partial charge in [0.1, 0.15) is 0 Å². The first kappa shape index (κ1) is 15.1. The van der Waals surface area contributed by atoms with Crippen LogP contribution in [-0.4, -0.2) is 27.1 Å². The third-order valence-corrected chi connectivity index (χ3v) is 3.03. The Kier molecular flexibility index (Phi) is 4.13. The molecule has 2 rings (SSSR count). The normalized spacial score (nSPS) is 10.7. The number of carbonyl (C=O) groups is 2. The van der Waals surface area contributed by atoms with Crippen LogP contribution in [0.2, 0.25) is 0 Å². The molecule has 2 aromatic rings. The van der Waals surface area contributed by atoms with E-state index < -0.39 is 11.8 Å². The van der Waals surface area contributed by atoms with Gasteiger partial charge in [-0.3, -0.25) is 4.79 Å². The second kappa shape index (κ2) is 6.01. The van der Waals surface area contributed by atoms with E-state index in [2.05, 4.69) is 0 Å². The van der Waals surface area contributed by atoms with E-state index in [0.717, 1.165) is 0 Å². The van der Waals surface area contributed by atoms with E-state index in [0.29, 0.717) is 5.56 Å². The van der Waals surface area contributed by atoms with Crippen LogP contribution in [0, 0.1) is 0 Å². The number of carboxylic acid groups (broad SMARTS) is 1. The van der Waals surface area contributed by atoms with Gasteiger partial charge in [-0.1, -0.05) is 18.2 Å². The average Bonchev–Trinajstić information content (AvgIpc) is 2.48. The number of hydrogen-bond acceptors (Lipinski definition) is 5. The molecule has 2 aromatic carbocycles. The molecule has 0 unspecified atom stereocenters. The Bertz CT molecular complexity index is 780. The summed E-state index contributed by atoms with van der Waals surface area (Å²) in [5.74, 6) is -2.24. The predicted octanol–water partition coefficient (Wildman–Crippen LogP) is 2.27. The maximum Gasteiger partial charge on any atom is 0.337 e. The van der Waals surface area contributed by atoms with Crippen molar-refractivity contribution in [3.05, 3.63) is 59.2 Å². The third-order valence-electron chi connectivity index (χ3n) is 3.03. The number of ketones is 1. The van der Waals surface area contributed by atoms with Gasteiger partial charge in [0.2, 0.25) is 0 Å². The molecule has 0 aliphatic rings. The zero-order chi connectivity index (χ0) is 16.3. The first-order chi connectivity index (χ1) is 10.4. The lowest BCUT2D eigenvalue weighted by Crippen LogP contribution is -2.08. The largest absolute Gasteiger partial charge is 0.504 e. The number of phenols is 2. The maximum atomic E-state index is 12.1. The number of aromatic carboxylic acids is 1. The Morgan fingerprint density at radius 1 is 1.00 bits per heavy atom. The van der Waals surface area contributed by atoms with Gasteiger partial charge in [-0.25, -0.2) is 4.79 Å². The molecule has 0 heterocycles. The lowest BCUT2D eigenvalue weighted by atomic mass is 10.0. The van der Waals surface area contributed by atoms with Crippen LogP contribution in [0.4, 0.5) is 5.69 Å². The SMILES string of the molecule is Nc1c(C(=O)O)cccc1C(=O)C=Cc1ccc(O)c(O)c1. The van der Waals surface area contributed by atoms with E-state index >= 15 is 0 Å². The minimum absolute atomic E-state index is 0.0825. The van der Waals surface area contributed by atoms with Crippen LogP contribution in [0.25, 0.3) is 6.08 Å². The number of anilines is 1. The number of hydrogen-bond donors (Lipinski definition) is 4. The highest BCUT2D eigenvalue weighted by molar-refractivity contribution is 6.12. The first-order valence-corrected chi connectivity index (χ1v) is 6.26. The van der Waals surface area contributed by atoms with Gasteiger partial charge >= 0.3 is 5.97 Å². The van der Waals surface area contributed by atoms with Crippen molar-refractivity contribution in [2.45, 2.75) is 0 Å². The molecule has 0 amide bonds. The van der Waals surface area contributed by atoms with Gasteiger partial charge < -0.3 is 21.1 Å². The summed E-state index contributed by atoms with van der Waals surface area (Å²) in [6.07, 6.45) is 2.64. The van der Waals surface area contributed by atoms with Crippen molar-refractivity contribution >= 4 is 23.5 Å². The van der Waals surface area contributed by atoms with Gasteiger partial charge in [0, 0.05) is 5.56 Å². The quantitative estimate of drug-likeness (QED) is 0.297. The molecule has 0 fully saturated rings. The number of carboxylic acids is 1. The Balaban J connectivity index is 2.29. The van der Waals surface area contributed by atoms with E-state index in [1.807, 2.05) is 0 Å². The zero-order valence-corrected chi connectivity index (χ0v) is 11.4. The third kappa shape index (κ3) is 3.06. The topological polar surface area (TPSA) is 121 Å². The fraction of sp³-hybridized carbons (Fsp3) is 0. The van der Waals surface area contributed by atoms with E-state index in [-0.39, 0.29) is 28.3 Å². The van der Waals surface area contributed by atoms with E-state index in [1.54, 1.807) is 0 Å². The zero-order valence-electron chi connectivity index (χ0n) is 11.4. The number of carbonyl (C=O) groups excluding carboxylic acids is 1. The molecule has 0 spiro atoms. The number of para-hydroxylation sites is 1. The Labute approximate surface area is 125 Å². The van der Waals surface area contributed by atoms with Crippen LogP contribution in [0.5, 0.6) is 11.5 Å². The molecule has 0 saturated heterocycles. The highest BCUT2D eigenvalue weighted by atomic mass is 16.4. The van der Waals surface area contributed by atoms with E-state index in [1.165, 1.54) is 48.6 Å². The van der Waals surface area contributed by atoms with Crippen molar-refractivity contribution in [3.63, 3.8) is 0 Å². The molecule has 6 nitrogen and oxygen atoms in total. The number of nitrogens with two attached hydrogens (primary N) is 1. The second-order valence-corrected chi connectivity index (χ2v) is 4.52. The van der Waals surface area contributed by atoms with E-state index in [9.17, 15) is 19.8 Å². The maximum absolute atomic E-state index is 12.1. The minimum atomic E-state index is -1.21. The van der Waals surface area contributed by atoms with Gasteiger partial charge in [0.25, 0.3) is 0 Å². The average molecular weight is 299 g/mol. The summed E-state index contributed by atoms with van der Waals surface area (Å²) in [7, 11) is 0. The van der Waals surface area contributed by atoms with Crippen molar-refractivity contribution in [1.82, 2.24) is 0 Å². The molecular formula is C16H13NO5. The molecule has 0 bridgehead atoms. The molecule has 0 radical (unpaired) electrons. The van der Waals surface area contributed by atoms with Crippen LogP contribution in [-0.2, 0) is 0 Å². The van der Waals surface area contributed by atoms with Gasteiger partial charge in [-0.2, -0.15) is 0 Å². The predicted molar refractivity (Wildman–Crippen MR) is 80.9 cm³/mol. The van der Waals surface area contributed by atoms with Crippen molar-refractivity contribution in [3.8, 4) is 11.5 Å². The van der Waals surface area contributed by atoms with Crippen LogP contribution in [0.15, 0.2) is 42.5 Å². The van der Waals surface area contributed by atoms with Crippen molar-refractivity contribution < 1.29 is 24.9 Å². The lowest BCUT2D eigenvalue weighted by molar-refractivity contribution is 0.0698. The first-order valence-electron chi connectivity index (χ1n) is 6.26. The van der Waals surface area contributed by atoms with Crippen LogP contribution in [0.1, 0.15) is 26.3 Å². The number of aromatic hydroxyl groups is 2. The van der Waals surface area contributed by atoms with Gasteiger partial charge in [-0.05, 0) is 35.9 Å². The molecule has 22 heavy (non-hydrogen) atoms. The monoisotopic (exact) mass is 299 g/mol. The van der Waals surface area contributed by atoms with Gasteiger partial charge in [-0.15, -0.1) is 0 Å². The van der Waals surface area contributed by atoms with Crippen LogP contribution < -0.4 is 5.73 Å². The fourth-order valence-electron chi connectivity index (χ4n) is 1.87. The molecule has 0 aromatic heterocycles. The van der Waals surface area contributed by atoms with E-state index in [4.69, 9.17) is 10.8 Å². The summed E-state index contributed by atoms with van der Waals surface area (Å²) in [6.45, 7) is 0. The summed E-state index contributed by atoms with van der Waals surface area (Å²) < 4.78 is 0. The molecule has 0 aliphatic heterocycles. The lowest BCUT2D eigenvalue weighted by Gasteiger charge is -2.05. The minimum Gasteiger partial charge on any atom is -0.504 e. The van der Waals surface area contributed by atoms with Crippen LogP contribution >= 0.6 is 0 Å². The van der Waals surface area contributed by atoms with Gasteiger partial charge in [0.15, 0.2) is 17.3 Å².